The Balaban J connectivity index is 2.20. The first-order valence-corrected chi connectivity index (χ1v) is 9.23. The number of benzene rings is 1. The Morgan fingerprint density at radius 1 is 1.30 bits per heavy atom. The van der Waals surface area contributed by atoms with E-state index in [2.05, 4.69) is 26.9 Å². The van der Waals surface area contributed by atoms with Crippen LogP contribution in [0, 0.1) is 5.53 Å². The third kappa shape index (κ3) is 5.90. The predicted molar refractivity (Wildman–Crippen MR) is 114 cm³/mol. The van der Waals surface area contributed by atoms with Gasteiger partial charge in [0.15, 0.2) is 0 Å². The van der Waals surface area contributed by atoms with E-state index in [-0.39, 0.29) is 6.61 Å². The Kier molecular flexibility index (Phi) is 8.55. The maximum atomic E-state index is 12.1. The van der Waals surface area contributed by atoms with Crippen molar-refractivity contribution >= 4 is 23.1 Å². The minimum atomic E-state index is -0.564. The SMILES string of the molecule is CO/N=C(C1=CC=CCC1)\C(C)=N/OCc1c(NC(=O)N(C)N=N)cccc1OC. The van der Waals surface area contributed by atoms with Crippen molar-refractivity contribution in [3.8, 4) is 5.75 Å². The highest BCUT2D eigenvalue weighted by molar-refractivity contribution is 6.47. The lowest BCUT2D eigenvalue weighted by atomic mass is 9.98. The summed E-state index contributed by atoms with van der Waals surface area (Å²) in [4.78, 5) is 22.6. The van der Waals surface area contributed by atoms with Crippen LogP contribution in [-0.4, -0.2) is 43.7 Å². The number of carbonyl (C=O) groups is 1. The van der Waals surface area contributed by atoms with Crippen LogP contribution < -0.4 is 10.1 Å². The normalized spacial score (nSPS) is 13.9. The minimum Gasteiger partial charge on any atom is -0.496 e. The summed E-state index contributed by atoms with van der Waals surface area (Å²) < 4.78 is 5.38. The summed E-state index contributed by atoms with van der Waals surface area (Å²) in [7, 11) is 4.38. The molecular formula is C20H26N6O4. The maximum Gasteiger partial charge on any atom is 0.343 e. The number of methoxy groups -OCH3 is 1. The summed E-state index contributed by atoms with van der Waals surface area (Å²) >= 11 is 0. The van der Waals surface area contributed by atoms with Gasteiger partial charge in [0, 0.05) is 7.05 Å². The van der Waals surface area contributed by atoms with Gasteiger partial charge < -0.3 is 19.7 Å². The van der Waals surface area contributed by atoms with Crippen LogP contribution in [0.1, 0.15) is 25.3 Å². The van der Waals surface area contributed by atoms with Crippen LogP contribution in [0.3, 0.4) is 0 Å². The number of amides is 2. The second kappa shape index (κ2) is 11.3. The van der Waals surface area contributed by atoms with Gasteiger partial charge in [-0.15, -0.1) is 0 Å². The number of nitrogens with one attached hydrogen (secondary N) is 2. The number of allylic oxidation sites excluding steroid dienone is 4. The standard InChI is InChI=1S/C20H26N6O4/c1-14(19(24-29-4)15-9-6-5-7-10-15)23-30-13-16-17(11-8-12-18(16)28-3)22-20(27)26(2)25-21/h5-6,8-9,11-12,21H,7,10,13H2,1-4H3,(H,22,27)/b23-14-,24-19+,25-21?. The van der Waals surface area contributed by atoms with Crippen molar-refractivity contribution in [3.05, 3.63) is 47.6 Å². The number of nitrogens with zero attached hydrogens (tertiary/aromatic N) is 4. The number of ether oxygens (including phenoxy) is 1. The molecule has 1 aliphatic rings. The Hall–Kier alpha value is -3.69. The second-order valence-corrected chi connectivity index (χ2v) is 6.27. The van der Waals surface area contributed by atoms with Crippen molar-refractivity contribution in [2.24, 2.45) is 15.5 Å². The molecule has 0 fully saturated rings. The zero-order chi connectivity index (χ0) is 21.9. The largest absolute Gasteiger partial charge is 0.496 e. The molecule has 1 aliphatic carbocycles. The summed E-state index contributed by atoms with van der Waals surface area (Å²) in [6.07, 6.45) is 7.79. The van der Waals surface area contributed by atoms with Crippen molar-refractivity contribution in [1.82, 2.24) is 5.01 Å². The molecule has 160 valence electrons. The van der Waals surface area contributed by atoms with Gasteiger partial charge in [-0.2, -0.15) is 10.5 Å². The molecule has 0 aliphatic heterocycles. The molecule has 1 aromatic carbocycles. The van der Waals surface area contributed by atoms with E-state index in [9.17, 15) is 4.79 Å². The van der Waals surface area contributed by atoms with E-state index < -0.39 is 6.03 Å². The topological polar surface area (TPSA) is 121 Å². The molecule has 0 unspecified atom stereocenters. The predicted octanol–water partition coefficient (Wildman–Crippen LogP) is 4.28. The fourth-order valence-electron chi connectivity index (χ4n) is 2.75. The first kappa shape index (κ1) is 22.6. The van der Waals surface area contributed by atoms with E-state index in [1.165, 1.54) is 21.3 Å². The van der Waals surface area contributed by atoms with Crippen LogP contribution in [0.5, 0.6) is 5.75 Å². The Labute approximate surface area is 175 Å². The van der Waals surface area contributed by atoms with Gasteiger partial charge in [-0.25, -0.2) is 4.79 Å². The van der Waals surface area contributed by atoms with Crippen LogP contribution in [0.2, 0.25) is 0 Å². The molecule has 0 spiro atoms. The molecule has 10 nitrogen and oxygen atoms in total. The van der Waals surface area contributed by atoms with Crippen LogP contribution in [0.4, 0.5) is 10.5 Å². The molecule has 0 radical (unpaired) electrons. The zero-order valence-electron chi connectivity index (χ0n) is 17.5. The molecule has 2 N–H and O–H groups in total. The molecule has 0 atom stereocenters. The van der Waals surface area contributed by atoms with Gasteiger partial charge in [0.05, 0.1) is 18.4 Å². The molecule has 0 saturated heterocycles. The number of anilines is 1. The van der Waals surface area contributed by atoms with Crippen molar-refractivity contribution in [1.29, 1.82) is 5.53 Å². The van der Waals surface area contributed by atoms with E-state index in [0.717, 1.165) is 23.4 Å². The summed E-state index contributed by atoms with van der Waals surface area (Å²) in [5.41, 5.74) is 10.2. The molecule has 0 saturated carbocycles. The van der Waals surface area contributed by atoms with Gasteiger partial charge in [0.1, 0.15) is 30.9 Å². The Bertz CT molecular complexity index is 891. The molecule has 2 amide bonds. The first-order valence-electron chi connectivity index (χ1n) is 9.23. The average molecular weight is 414 g/mol. The molecule has 30 heavy (non-hydrogen) atoms. The second-order valence-electron chi connectivity index (χ2n) is 6.27. The molecule has 0 heterocycles. The number of oxime groups is 2. The van der Waals surface area contributed by atoms with Gasteiger partial charge in [0.2, 0.25) is 0 Å². The number of hydrogen-bond donors (Lipinski definition) is 2. The van der Waals surface area contributed by atoms with Gasteiger partial charge in [-0.3, -0.25) is 0 Å². The highest BCUT2D eigenvalue weighted by atomic mass is 16.6. The maximum absolute atomic E-state index is 12.1. The van der Waals surface area contributed by atoms with Crippen molar-refractivity contribution < 1.29 is 19.2 Å². The van der Waals surface area contributed by atoms with E-state index in [4.69, 9.17) is 19.9 Å². The van der Waals surface area contributed by atoms with Gasteiger partial charge >= 0.3 is 6.03 Å². The molecule has 0 bridgehead atoms. The van der Waals surface area contributed by atoms with Crippen molar-refractivity contribution in [2.75, 3.05) is 26.6 Å². The van der Waals surface area contributed by atoms with Gasteiger partial charge in [-0.1, -0.05) is 39.8 Å². The number of urea groups is 1. The summed E-state index contributed by atoms with van der Waals surface area (Å²) in [6.45, 7) is 1.82. The summed E-state index contributed by atoms with van der Waals surface area (Å²) in [5, 5.41) is 14.9. The lowest BCUT2D eigenvalue weighted by Gasteiger charge is -2.16. The fourth-order valence-corrected chi connectivity index (χ4v) is 2.75. The lowest BCUT2D eigenvalue weighted by molar-refractivity contribution is 0.129. The first-order chi connectivity index (χ1) is 14.5. The molecule has 0 aromatic heterocycles. The van der Waals surface area contributed by atoms with Gasteiger partial charge in [-0.05, 0) is 37.5 Å². The number of carbonyl (C=O) groups excluding carboxylic acids is 1. The van der Waals surface area contributed by atoms with E-state index in [0.29, 0.717) is 28.4 Å². The van der Waals surface area contributed by atoms with Crippen LogP contribution in [0.15, 0.2) is 57.5 Å². The minimum absolute atomic E-state index is 0.0396. The molecule has 10 heteroatoms. The Morgan fingerprint density at radius 2 is 2.10 bits per heavy atom. The zero-order valence-corrected chi connectivity index (χ0v) is 17.5. The van der Waals surface area contributed by atoms with Crippen LogP contribution >= 0.6 is 0 Å². The van der Waals surface area contributed by atoms with E-state index in [1.807, 2.05) is 12.2 Å². The van der Waals surface area contributed by atoms with E-state index >= 15 is 0 Å². The van der Waals surface area contributed by atoms with Gasteiger partial charge in [0.25, 0.3) is 0 Å². The van der Waals surface area contributed by atoms with Crippen molar-refractivity contribution in [3.63, 3.8) is 0 Å². The summed E-state index contributed by atoms with van der Waals surface area (Å²) in [6, 6.07) is 4.62. The molecular weight excluding hydrogens is 388 g/mol. The van der Waals surface area contributed by atoms with Crippen LogP contribution in [0.25, 0.3) is 0 Å². The third-order valence-electron chi connectivity index (χ3n) is 4.29. The Morgan fingerprint density at radius 3 is 2.73 bits per heavy atom. The fraction of sp³-hybridized carbons (Fsp3) is 0.350. The number of hydrogen-bond acceptors (Lipinski definition) is 8. The van der Waals surface area contributed by atoms with Crippen molar-refractivity contribution in [2.45, 2.75) is 26.4 Å². The highest BCUT2D eigenvalue weighted by Gasteiger charge is 2.16. The monoisotopic (exact) mass is 414 g/mol. The summed E-state index contributed by atoms with van der Waals surface area (Å²) in [5.74, 6) is 0.525. The number of rotatable bonds is 9. The molecule has 1 aromatic rings. The average Bonchev–Trinajstić information content (AvgIpc) is 2.78. The third-order valence-corrected chi connectivity index (χ3v) is 4.29. The van der Waals surface area contributed by atoms with E-state index in [1.54, 1.807) is 25.1 Å². The van der Waals surface area contributed by atoms with Crippen LogP contribution in [-0.2, 0) is 16.3 Å². The molecule has 2 rings (SSSR count). The lowest BCUT2D eigenvalue weighted by Crippen LogP contribution is -2.26. The smallest absolute Gasteiger partial charge is 0.343 e. The quantitative estimate of drug-likeness (QED) is 0.356. The highest BCUT2D eigenvalue weighted by Crippen LogP contribution is 2.27.